The van der Waals surface area contributed by atoms with Crippen LogP contribution in [0.1, 0.15) is 24.6 Å². The van der Waals surface area contributed by atoms with Gasteiger partial charge in [-0.2, -0.15) is 0 Å². The van der Waals surface area contributed by atoms with Gasteiger partial charge >= 0.3 is 0 Å². The van der Waals surface area contributed by atoms with Crippen molar-refractivity contribution < 1.29 is 9.52 Å². The van der Waals surface area contributed by atoms with E-state index in [0.29, 0.717) is 18.6 Å². The van der Waals surface area contributed by atoms with Crippen LogP contribution in [-0.2, 0) is 6.54 Å². The summed E-state index contributed by atoms with van der Waals surface area (Å²) < 4.78 is 5.38. The molecule has 1 aliphatic rings. The maximum atomic E-state index is 9.26. The topological polar surface area (TPSA) is 49.5 Å². The normalized spacial score (nSPS) is 24.1. The molecule has 0 amide bonds. The maximum Gasteiger partial charge on any atom is 0.162 e. The van der Waals surface area contributed by atoms with E-state index in [2.05, 4.69) is 16.8 Å². The molecule has 108 valence electrons. The Labute approximate surface area is 123 Å². The molecule has 5 heteroatoms. The number of furan rings is 1. The number of hydrogen-bond acceptors (Lipinski definition) is 5. The van der Waals surface area contributed by atoms with Crippen molar-refractivity contribution in [1.29, 1.82) is 0 Å². The van der Waals surface area contributed by atoms with Crippen LogP contribution in [0.15, 0.2) is 29.0 Å². The second-order valence-corrected chi connectivity index (χ2v) is 6.62. The molecule has 4 nitrogen and oxygen atoms in total. The van der Waals surface area contributed by atoms with Crippen LogP contribution in [0.25, 0.3) is 10.8 Å². The molecule has 0 bridgehead atoms. The highest BCUT2D eigenvalue weighted by Crippen LogP contribution is 2.29. The molecule has 3 heterocycles. The fraction of sp³-hybridized carbons (Fsp3) is 0.533. The van der Waals surface area contributed by atoms with Gasteiger partial charge in [0.2, 0.25) is 0 Å². The Morgan fingerprint density at radius 2 is 2.45 bits per heavy atom. The molecule has 1 N–H and O–H groups in total. The molecule has 2 aromatic rings. The Morgan fingerprint density at radius 1 is 1.55 bits per heavy atom. The first-order valence-electron chi connectivity index (χ1n) is 7.09. The van der Waals surface area contributed by atoms with Crippen molar-refractivity contribution in [2.75, 3.05) is 13.2 Å². The van der Waals surface area contributed by atoms with E-state index in [4.69, 9.17) is 4.42 Å². The van der Waals surface area contributed by atoms with Gasteiger partial charge in [-0.1, -0.05) is 0 Å². The highest BCUT2D eigenvalue weighted by molar-refractivity contribution is 7.14. The zero-order chi connectivity index (χ0) is 13.9. The van der Waals surface area contributed by atoms with E-state index in [1.165, 1.54) is 4.88 Å². The summed E-state index contributed by atoms with van der Waals surface area (Å²) in [4.78, 5) is 8.19. The summed E-state index contributed by atoms with van der Waals surface area (Å²) in [5.41, 5.74) is 0. The minimum Gasteiger partial charge on any atom is -0.462 e. The summed E-state index contributed by atoms with van der Waals surface area (Å²) in [6.45, 7) is 4.57. The summed E-state index contributed by atoms with van der Waals surface area (Å²) in [6, 6.07) is 4.35. The van der Waals surface area contributed by atoms with Crippen molar-refractivity contribution in [2.24, 2.45) is 5.92 Å². The minimum absolute atomic E-state index is 0.321. The number of thiazole rings is 1. The molecule has 3 rings (SSSR count). The molecule has 0 saturated carbocycles. The van der Waals surface area contributed by atoms with Crippen LogP contribution >= 0.6 is 11.3 Å². The second kappa shape index (κ2) is 6.08. The van der Waals surface area contributed by atoms with Gasteiger partial charge in [-0.05, 0) is 44.4 Å². The van der Waals surface area contributed by atoms with Gasteiger partial charge in [0.1, 0.15) is 0 Å². The molecule has 20 heavy (non-hydrogen) atoms. The van der Waals surface area contributed by atoms with E-state index in [1.807, 2.05) is 18.3 Å². The van der Waals surface area contributed by atoms with Gasteiger partial charge in [-0.3, -0.25) is 4.90 Å². The van der Waals surface area contributed by atoms with E-state index >= 15 is 0 Å². The molecular formula is C15H20N2O2S. The molecule has 0 aliphatic carbocycles. The van der Waals surface area contributed by atoms with Gasteiger partial charge in [-0.25, -0.2) is 4.98 Å². The van der Waals surface area contributed by atoms with Crippen molar-refractivity contribution in [3.63, 3.8) is 0 Å². The van der Waals surface area contributed by atoms with Crippen molar-refractivity contribution in [3.8, 4) is 10.8 Å². The summed E-state index contributed by atoms with van der Waals surface area (Å²) in [6.07, 6.45) is 5.80. The van der Waals surface area contributed by atoms with E-state index in [9.17, 15) is 5.11 Å². The summed E-state index contributed by atoms with van der Waals surface area (Å²) in [5.74, 6) is 1.31. The number of aliphatic hydroxyl groups is 1. The lowest BCUT2D eigenvalue weighted by Crippen LogP contribution is -2.40. The predicted octanol–water partition coefficient (Wildman–Crippen LogP) is 3.00. The first-order chi connectivity index (χ1) is 9.76. The van der Waals surface area contributed by atoms with Crippen LogP contribution in [0.3, 0.4) is 0 Å². The Hall–Kier alpha value is -1.17. The van der Waals surface area contributed by atoms with E-state index in [0.717, 1.165) is 36.7 Å². The molecular weight excluding hydrogens is 272 g/mol. The lowest BCUT2D eigenvalue weighted by Gasteiger charge is -2.36. The predicted molar refractivity (Wildman–Crippen MR) is 79.5 cm³/mol. The van der Waals surface area contributed by atoms with Gasteiger partial charge < -0.3 is 9.52 Å². The molecule has 1 saturated heterocycles. The number of likely N-dealkylation sites (tertiary alicyclic amines) is 1. The van der Waals surface area contributed by atoms with Crippen molar-refractivity contribution in [1.82, 2.24) is 9.88 Å². The summed E-state index contributed by atoms with van der Waals surface area (Å²) in [5, 5.41) is 10.2. The first kappa shape index (κ1) is 13.8. The van der Waals surface area contributed by atoms with Crippen LogP contribution in [-0.4, -0.2) is 34.2 Å². The monoisotopic (exact) mass is 292 g/mol. The Morgan fingerprint density at radius 3 is 3.15 bits per heavy atom. The smallest absolute Gasteiger partial charge is 0.162 e. The largest absolute Gasteiger partial charge is 0.462 e. The zero-order valence-corrected chi connectivity index (χ0v) is 12.5. The third-order valence-corrected chi connectivity index (χ3v) is 5.02. The fourth-order valence-electron chi connectivity index (χ4n) is 2.81. The molecule has 0 aromatic carbocycles. The second-order valence-electron chi connectivity index (χ2n) is 5.50. The third-order valence-electron chi connectivity index (χ3n) is 4.03. The van der Waals surface area contributed by atoms with Gasteiger partial charge in [0.15, 0.2) is 10.8 Å². The SMILES string of the molecule is C[C@H]1C[C@@H](CO)CCN1Cc1cnc(-c2ccco2)s1. The first-order valence-corrected chi connectivity index (χ1v) is 7.91. The van der Waals surface area contributed by atoms with Gasteiger partial charge in [-0.15, -0.1) is 11.3 Å². The van der Waals surface area contributed by atoms with E-state index in [-0.39, 0.29) is 0 Å². The van der Waals surface area contributed by atoms with Gasteiger partial charge in [0, 0.05) is 30.3 Å². The molecule has 2 aromatic heterocycles. The number of aromatic nitrogens is 1. The number of nitrogens with zero attached hydrogens (tertiary/aromatic N) is 2. The Balaban J connectivity index is 1.64. The highest BCUT2D eigenvalue weighted by Gasteiger charge is 2.25. The number of aliphatic hydroxyl groups excluding tert-OH is 1. The lowest BCUT2D eigenvalue weighted by molar-refractivity contribution is 0.0846. The van der Waals surface area contributed by atoms with Crippen molar-refractivity contribution in [3.05, 3.63) is 29.5 Å². The fourth-order valence-corrected chi connectivity index (χ4v) is 3.72. The number of hydrogen-bond donors (Lipinski definition) is 1. The molecule has 2 atom stereocenters. The van der Waals surface area contributed by atoms with Gasteiger partial charge in [0.25, 0.3) is 0 Å². The van der Waals surface area contributed by atoms with Crippen LogP contribution in [0, 0.1) is 5.92 Å². The van der Waals surface area contributed by atoms with Crippen molar-refractivity contribution in [2.45, 2.75) is 32.4 Å². The highest BCUT2D eigenvalue weighted by atomic mass is 32.1. The van der Waals surface area contributed by atoms with E-state index < -0.39 is 0 Å². The molecule has 0 radical (unpaired) electrons. The van der Waals surface area contributed by atoms with Crippen LogP contribution in [0.4, 0.5) is 0 Å². The van der Waals surface area contributed by atoms with Crippen LogP contribution < -0.4 is 0 Å². The Kier molecular flexibility index (Phi) is 4.19. The molecule has 0 unspecified atom stereocenters. The molecule has 1 fully saturated rings. The standard InChI is InChI=1S/C15H20N2O2S/c1-11-7-12(10-18)4-5-17(11)9-13-8-16-15(20-13)14-3-2-6-19-14/h2-3,6,8,11-12,18H,4-5,7,9-10H2,1H3/t11-,12-/m0/s1. The average molecular weight is 292 g/mol. The summed E-state index contributed by atoms with van der Waals surface area (Å²) in [7, 11) is 0. The van der Waals surface area contributed by atoms with Crippen molar-refractivity contribution >= 4 is 11.3 Å². The molecule has 1 aliphatic heterocycles. The summed E-state index contributed by atoms with van der Waals surface area (Å²) >= 11 is 1.70. The van der Waals surface area contributed by atoms with Crippen LogP contribution in [0.2, 0.25) is 0 Å². The maximum absolute atomic E-state index is 9.26. The quantitative estimate of drug-likeness (QED) is 0.941. The molecule has 0 spiro atoms. The zero-order valence-electron chi connectivity index (χ0n) is 11.7. The lowest BCUT2D eigenvalue weighted by atomic mass is 9.92. The Bertz CT molecular complexity index is 538. The van der Waals surface area contributed by atoms with Crippen LogP contribution in [0.5, 0.6) is 0 Å². The van der Waals surface area contributed by atoms with Gasteiger partial charge in [0.05, 0.1) is 6.26 Å². The average Bonchev–Trinajstić information content (AvgIpc) is 3.11. The van der Waals surface area contributed by atoms with E-state index in [1.54, 1.807) is 17.6 Å². The third kappa shape index (κ3) is 2.95. The minimum atomic E-state index is 0.321. The number of rotatable bonds is 4. The number of piperidine rings is 1.